The monoisotopic (exact) mass is 1420 g/mol. The maximum atomic E-state index is 14.9. The van der Waals surface area contributed by atoms with Crippen molar-refractivity contribution in [3.8, 4) is 0 Å². The van der Waals surface area contributed by atoms with E-state index < -0.39 is 150 Å². The van der Waals surface area contributed by atoms with Gasteiger partial charge in [-0.25, -0.2) is 0 Å². The molecule has 0 spiro atoms. The van der Waals surface area contributed by atoms with E-state index in [2.05, 4.69) is 49.5 Å². The molecule has 0 unspecified atom stereocenters. The molecule has 12 atom stereocenters. The van der Waals surface area contributed by atoms with E-state index in [0.29, 0.717) is 63.5 Å². The minimum atomic E-state index is -1.44. The zero-order valence-electron chi connectivity index (χ0n) is 62.6. The number of nitrogens with one attached hydrogen (secondary N) is 8. The van der Waals surface area contributed by atoms with Crippen LogP contribution in [0.5, 0.6) is 0 Å². The third-order valence-electron chi connectivity index (χ3n) is 18.8. The first-order valence-electron chi connectivity index (χ1n) is 38.3. The van der Waals surface area contributed by atoms with Gasteiger partial charge in [-0.1, -0.05) is 156 Å². The normalized spacial score (nSPS) is 21.0. The lowest BCUT2D eigenvalue weighted by Crippen LogP contribution is -2.56. The van der Waals surface area contributed by atoms with Crippen LogP contribution in [-0.4, -0.2) is 154 Å². The molecule has 1 aromatic carbocycles. The average Bonchev–Trinajstić information content (AvgIpc) is 1.59. The molecule has 1 fully saturated rings. The minimum Gasteiger partial charge on any atom is -0.393 e. The zero-order chi connectivity index (χ0) is 75.2. The predicted molar refractivity (Wildman–Crippen MR) is 390 cm³/mol. The van der Waals surface area contributed by atoms with Crippen molar-refractivity contribution < 1.29 is 72.5 Å². The molecule has 0 saturated carbocycles. The predicted octanol–water partition coefficient (Wildman–Crippen LogP) is 7.65. The van der Waals surface area contributed by atoms with Crippen molar-refractivity contribution in [1.82, 2.24) is 42.5 Å². The van der Waals surface area contributed by atoms with Crippen LogP contribution < -0.4 is 48.3 Å². The van der Waals surface area contributed by atoms with Crippen LogP contribution in [0.25, 0.3) is 0 Å². The number of aliphatic hydroxyl groups excluding tert-OH is 2. The van der Waals surface area contributed by atoms with Crippen LogP contribution in [0.15, 0.2) is 30.3 Å². The molecule has 1 aliphatic heterocycles. The summed E-state index contributed by atoms with van der Waals surface area (Å²) in [5.41, 5.74) is 6.26. The summed E-state index contributed by atoms with van der Waals surface area (Å²) < 4.78 is 0. The van der Waals surface area contributed by atoms with Crippen LogP contribution in [0.3, 0.4) is 0 Å². The number of benzene rings is 1. The molecular formula is C77H129N9O15. The van der Waals surface area contributed by atoms with Gasteiger partial charge in [0.25, 0.3) is 0 Å². The number of carbonyl (C=O) groups is 13. The number of amides is 8. The Morgan fingerprint density at radius 3 is 1.62 bits per heavy atom. The molecule has 24 heteroatoms. The number of aliphatic hydroxyl groups is 2. The Hall–Kier alpha value is -6.79. The van der Waals surface area contributed by atoms with Crippen molar-refractivity contribution in [3.05, 3.63) is 35.9 Å². The molecule has 101 heavy (non-hydrogen) atoms. The number of hydrogen-bond acceptors (Lipinski definition) is 16. The highest BCUT2D eigenvalue weighted by molar-refractivity contribution is 5.99. The number of Topliss-reactive ketones (excluding diaryl/α,β-unsaturated/α-hetero) is 5. The fourth-order valence-corrected chi connectivity index (χ4v) is 12.7. The van der Waals surface area contributed by atoms with Crippen LogP contribution in [0.1, 0.15) is 273 Å². The maximum absolute atomic E-state index is 14.9. The molecule has 0 aliphatic carbocycles. The lowest BCUT2D eigenvalue weighted by molar-refractivity contribution is -0.137. The lowest BCUT2D eigenvalue weighted by atomic mass is 9.88. The third kappa shape index (κ3) is 37.3. The van der Waals surface area contributed by atoms with E-state index >= 15 is 0 Å². The number of hydrogen-bond donors (Lipinski definition) is 11. The summed E-state index contributed by atoms with van der Waals surface area (Å²) >= 11 is 0. The highest BCUT2D eigenvalue weighted by Crippen LogP contribution is 2.23. The van der Waals surface area contributed by atoms with Crippen LogP contribution >= 0.6 is 0 Å². The van der Waals surface area contributed by atoms with E-state index in [0.717, 1.165) is 70.6 Å². The SMILES string of the molecule is CCCCCCCCC(=O)N[C@@H](CCNC(=O)CCCCCCC(=O)CCCCCN)C(=O)C[C@H](C(=O)N[C@@H](CCC)C(=O)C[C@H]1CCNC(=O)[C@H]([C@@H](C)O)CC(=O)[C@H](CCC)NC(=O)[C@H](CCC)NC(=O)[C@H](CC(C)C)NC(=O)[C@@H](Cc2ccccc2)CC(=O)[C@H](CCC)NC1=O)[C@@H](C)O. The van der Waals surface area contributed by atoms with Crippen LogP contribution in [-0.2, 0) is 68.7 Å². The molecule has 0 bridgehead atoms. The van der Waals surface area contributed by atoms with Gasteiger partial charge in [0.2, 0.25) is 47.3 Å². The molecule has 24 nitrogen and oxygen atoms in total. The summed E-state index contributed by atoms with van der Waals surface area (Å²) in [6.07, 6.45) is 9.70. The molecule has 1 aromatic rings. The zero-order valence-corrected chi connectivity index (χ0v) is 62.6. The van der Waals surface area contributed by atoms with Gasteiger partial charge in [-0.3, -0.25) is 62.3 Å². The quantitative estimate of drug-likeness (QED) is 0.0279. The third-order valence-corrected chi connectivity index (χ3v) is 18.8. The fraction of sp³-hybridized carbons (Fsp3) is 0.753. The molecule has 1 aliphatic rings. The molecule has 2 rings (SSSR count). The van der Waals surface area contributed by atoms with Gasteiger partial charge in [0, 0.05) is 76.3 Å². The van der Waals surface area contributed by atoms with Gasteiger partial charge in [-0.2, -0.15) is 0 Å². The molecule has 0 aromatic heterocycles. The van der Waals surface area contributed by atoms with Crippen molar-refractivity contribution in [2.75, 3.05) is 19.6 Å². The molecular weight excluding hydrogens is 1290 g/mol. The summed E-state index contributed by atoms with van der Waals surface area (Å²) in [6, 6.07) is 1.93. The molecule has 8 amide bonds. The Bertz CT molecular complexity index is 2710. The van der Waals surface area contributed by atoms with Gasteiger partial charge < -0.3 is 58.5 Å². The smallest absolute Gasteiger partial charge is 0.243 e. The number of ketones is 5. The number of nitrogens with two attached hydrogens (primary N) is 1. The van der Waals surface area contributed by atoms with Gasteiger partial charge >= 0.3 is 0 Å². The Labute approximate surface area is 602 Å². The summed E-state index contributed by atoms with van der Waals surface area (Å²) in [5.74, 6) is -12.3. The highest BCUT2D eigenvalue weighted by Gasteiger charge is 2.38. The van der Waals surface area contributed by atoms with Crippen molar-refractivity contribution in [1.29, 1.82) is 0 Å². The Morgan fingerprint density at radius 2 is 1.05 bits per heavy atom. The van der Waals surface area contributed by atoms with Crippen molar-refractivity contribution in [2.24, 2.45) is 35.3 Å². The Morgan fingerprint density at radius 1 is 0.535 bits per heavy atom. The largest absolute Gasteiger partial charge is 0.393 e. The van der Waals surface area contributed by atoms with Crippen molar-refractivity contribution in [2.45, 2.75) is 323 Å². The van der Waals surface area contributed by atoms with E-state index in [4.69, 9.17) is 5.73 Å². The molecule has 12 N–H and O–H groups in total. The second kappa shape index (κ2) is 52.2. The van der Waals surface area contributed by atoms with E-state index in [1.807, 2.05) is 20.8 Å². The number of unbranched alkanes of at least 4 members (excludes halogenated alkanes) is 10. The highest BCUT2D eigenvalue weighted by atomic mass is 16.3. The van der Waals surface area contributed by atoms with Gasteiger partial charge in [0.15, 0.2) is 23.1 Å². The van der Waals surface area contributed by atoms with Crippen LogP contribution in [0.4, 0.5) is 0 Å². The Balaban J connectivity index is 2.58. The molecule has 0 radical (unpaired) electrons. The second-order valence-corrected chi connectivity index (χ2v) is 28.5. The van der Waals surface area contributed by atoms with Crippen LogP contribution in [0, 0.1) is 29.6 Å². The van der Waals surface area contributed by atoms with Crippen molar-refractivity contribution >= 4 is 76.2 Å². The van der Waals surface area contributed by atoms with E-state index in [-0.39, 0.29) is 107 Å². The first-order valence-corrected chi connectivity index (χ1v) is 38.3. The molecule has 1 heterocycles. The van der Waals surface area contributed by atoms with E-state index in [1.165, 1.54) is 13.8 Å². The van der Waals surface area contributed by atoms with Gasteiger partial charge in [0.1, 0.15) is 17.9 Å². The first kappa shape index (κ1) is 90.3. The first-order chi connectivity index (χ1) is 48.2. The molecule has 1 saturated heterocycles. The topological polar surface area (TPSA) is 385 Å². The maximum Gasteiger partial charge on any atom is 0.243 e. The summed E-state index contributed by atoms with van der Waals surface area (Å²) in [5, 5.41) is 44.7. The standard InChI is InChI=1S/C77H129N9O15/c1-10-15-16-17-18-28-39-71(95)81-63(41-44-79-70(94)38-27-20-19-25-36-57(89)37-26-22-29-42-78)69(93)50-59(53(9)88)75(99)83-61(31-12-3)66(90)47-55-40-43-80-74(98)58(52(8)87)49-68(92)62(32-13-4)84-76(100)64(33-14-5)85-77(101)65(45-51(6)7)86-73(97)56(46-54-34-23-21-24-35-54)48-67(91)60(30-11-2)82-72(55)96/h21,23-24,34-35,51-53,55-56,58-65,87-88H,10-20,22,25-33,36-50,78H2,1-9H3,(H,79,94)(H,80,98)(H,81,95)(H,82,96)(H,83,99)(H,84,100)(H,85,101)(H,86,97)/t52-,53-,55-,56+,58+,59+,60+,61+,62+,63+,64+,65+/m1/s1. The van der Waals surface area contributed by atoms with Gasteiger partial charge in [-0.15, -0.1) is 0 Å². The average molecular weight is 1420 g/mol. The van der Waals surface area contributed by atoms with Gasteiger partial charge in [-0.05, 0) is 115 Å². The van der Waals surface area contributed by atoms with E-state index in [1.54, 1.807) is 51.1 Å². The van der Waals surface area contributed by atoms with Gasteiger partial charge in [0.05, 0.1) is 48.2 Å². The second-order valence-electron chi connectivity index (χ2n) is 28.5. The Kier molecular flexibility index (Phi) is 46.7. The summed E-state index contributed by atoms with van der Waals surface area (Å²) in [4.78, 5) is 183. The number of rotatable bonds is 45. The van der Waals surface area contributed by atoms with Crippen molar-refractivity contribution in [3.63, 3.8) is 0 Å². The van der Waals surface area contributed by atoms with E-state index in [9.17, 15) is 72.5 Å². The van der Waals surface area contributed by atoms with Crippen LogP contribution in [0.2, 0.25) is 0 Å². The number of carbonyl (C=O) groups excluding carboxylic acids is 13. The minimum absolute atomic E-state index is 0.0150. The molecule has 572 valence electrons. The summed E-state index contributed by atoms with van der Waals surface area (Å²) in [7, 11) is 0. The fourth-order valence-electron chi connectivity index (χ4n) is 12.7. The summed E-state index contributed by atoms with van der Waals surface area (Å²) in [6.45, 7) is 16.0. The lowest BCUT2D eigenvalue weighted by Gasteiger charge is -2.28.